The number of methoxy groups -OCH3 is 1. The minimum atomic E-state index is -0.394. The Morgan fingerprint density at radius 1 is 1.85 bits per heavy atom. The highest BCUT2D eigenvalue weighted by Gasteiger charge is 2.26. The van der Waals surface area contributed by atoms with E-state index in [1.54, 1.807) is 0 Å². The Hall–Kier alpha value is -1.04. The zero-order valence-electron chi connectivity index (χ0n) is 7.15. The van der Waals surface area contributed by atoms with Crippen molar-refractivity contribution in [2.75, 3.05) is 12.9 Å². The van der Waals surface area contributed by atoms with Gasteiger partial charge in [0.2, 0.25) is 0 Å². The molecular weight excluding hydrogens is 192 g/mol. The van der Waals surface area contributed by atoms with Crippen LogP contribution >= 0.6 is 11.8 Å². The van der Waals surface area contributed by atoms with Gasteiger partial charge in [-0.1, -0.05) is 11.8 Å². The van der Waals surface area contributed by atoms with Gasteiger partial charge in [0.15, 0.2) is 5.17 Å². The van der Waals surface area contributed by atoms with Gasteiger partial charge < -0.3 is 10.5 Å². The number of nitrogens with zero attached hydrogens (tertiary/aromatic N) is 1. The largest absolute Gasteiger partial charge is 0.469 e. The summed E-state index contributed by atoms with van der Waals surface area (Å²) in [6.45, 7) is 0. The molecule has 2 N–H and O–H groups in total. The molecule has 1 aliphatic heterocycles. The minimum absolute atomic E-state index is 0.0825. The molecule has 1 atom stereocenters. The Morgan fingerprint density at radius 3 is 3.08 bits per heavy atom. The highest BCUT2D eigenvalue weighted by atomic mass is 32.2. The van der Waals surface area contributed by atoms with E-state index in [1.807, 2.05) is 0 Å². The molecule has 0 bridgehead atoms. The van der Waals surface area contributed by atoms with Crippen molar-refractivity contribution in [1.82, 2.24) is 0 Å². The molecular formula is C7H10N2O3S. The van der Waals surface area contributed by atoms with Gasteiger partial charge in [0.1, 0.15) is 0 Å². The van der Waals surface area contributed by atoms with Crippen LogP contribution in [0, 0.1) is 5.92 Å². The Balaban J connectivity index is 2.54. The fourth-order valence-corrected chi connectivity index (χ4v) is 1.71. The Kier molecular flexibility index (Phi) is 3.30. The molecule has 0 aliphatic carbocycles. The van der Waals surface area contributed by atoms with E-state index in [0.29, 0.717) is 5.75 Å². The zero-order chi connectivity index (χ0) is 9.84. The van der Waals surface area contributed by atoms with Gasteiger partial charge in [0.25, 0.3) is 5.91 Å². The Bertz CT molecular complexity index is 264. The summed E-state index contributed by atoms with van der Waals surface area (Å²) in [6.07, 6.45) is 0.0825. The van der Waals surface area contributed by atoms with Crippen molar-refractivity contribution in [3.05, 3.63) is 0 Å². The monoisotopic (exact) mass is 202 g/mol. The van der Waals surface area contributed by atoms with Gasteiger partial charge in [0, 0.05) is 5.75 Å². The lowest BCUT2D eigenvalue weighted by Gasteiger charge is -2.15. The highest BCUT2D eigenvalue weighted by Crippen LogP contribution is 2.19. The fourth-order valence-electron chi connectivity index (χ4n) is 0.920. The molecule has 0 spiro atoms. The highest BCUT2D eigenvalue weighted by molar-refractivity contribution is 8.13. The van der Waals surface area contributed by atoms with Crippen molar-refractivity contribution in [2.45, 2.75) is 6.42 Å². The SMILES string of the molecule is COC(=O)C[C@H]1CSC(N)=NC1=O. The van der Waals surface area contributed by atoms with Gasteiger partial charge in [0.05, 0.1) is 19.4 Å². The molecule has 0 aromatic heterocycles. The number of hydrogen-bond acceptors (Lipinski definition) is 5. The number of thioether (sulfide) groups is 1. The van der Waals surface area contributed by atoms with Gasteiger partial charge in [-0.25, -0.2) is 0 Å². The van der Waals surface area contributed by atoms with E-state index in [2.05, 4.69) is 9.73 Å². The van der Waals surface area contributed by atoms with Crippen molar-refractivity contribution in [1.29, 1.82) is 0 Å². The van der Waals surface area contributed by atoms with Gasteiger partial charge in [-0.3, -0.25) is 9.59 Å². The van der Waals surface area contributed by atoms with Crippen LogP contribution in [-0.2, 0) is 14.3 Å². The number of esters is 1. The van der Waals surface area contributed by atoms with Crippen molar-refractivity contribution in [2.24, 2.45) is 16.6 Å². The van der Waals surface area contributed by atoms with Crippen LogP contribution in [-0.4, -0.2) is 29.9 Å². The Labute approximate surface area is 79.7 Å². The Morgan fingerprint density at radius 2 is 2.54 bits per heavy atom. The lowest BCUT2D eigenvalue weighted by Crippen LogP contribution is -2.27. The predicted molar refractivity (Wildman–Crippen MR) is 49.2 cm³/mol. The second-order valence-electron chi connectivity index (χ2n) is 2.58. The standard InChI is InChI=1S/C7H10N2O3S/c1-12-5(10)2-4-3-13-7(8)9-6(4)11/h4H,2-3H2,1H3,(H2,8,9,11)/t4-/m0/s1. The quantitative estimate of drug-likeness (QED) is 0.624. The van der Waals surface area contributed by atoms with Crippen LogP contribution in [0.15, 0.2) is 4.99 Å². The number of rotatable bonds is 2. The molecule has 0 radical (unpaired) electrons. The van der Waals surface area contributed by atoms with E-state index in [4.69, 9.17) is 5.73 Å². The molecule has 1 aliphatic rings. The first kappa shape index (κ1) is 10.0. The molecule has 1 rings (SSSR count). The molecule has 5 nitrogen and oxygen atoms in total. The molecule has 1 heterocycles. The van der Waals surface area contributed by atoms with E-state index in [9.17, 15) is 9.59 Å². The summed E-state index contributed by atoms with van der Waals surface area (Å²) in [6, 6.07) is 0. The summed E-state index contributed by atoms with van der Waals surface area (Å²) in [7, 11) is 1.29. The summed E-state index contributed by atoms with van der Waals surface area (Å²) in [5, 5.41) is 0.270. The summed E-state index contributed by atoms with van der Waals surface area (Å²) >= 11 is 1.28. The van der Waals surface area contributed by atoms with Crippen molar-refractivity contribution < 1.29 is 14.3 Å². The third-order valence-corrected chi connectivity index (χ3v) is 2.60. The maximum absolute atomic E-state index is 11.2. The summed E-state index contributed by atoms with van der Waals surface area (Å²) in [4.78, 5) is 25.6. The van der Waals surface area contributed by atoms with Crippen molar-refractivity contribution in [3.8, 4) is 0 Å². The number of ether oxygens (including phenoxy) is 1. The number of amidine groups is 1. The number of amides is 1. The molecule has 72 valence electrons. The third kappa shape index (κ3) is 2.73. The van der Waals surface area contributed by atoms with E-state index in [-0.39, 0.29) is 23.4 Å². The van der Waals surface area contributed by atoms with E-state index in [0.717, 1.165) is 0 Å². The van der Waals surface area contributed by atoms with Gasteiger partial charge in [-0.05, 0) is 0 Å². The molecule has 6 heteroatoms. The molecule has 13 heavy (non-hydrogen) atoms. The lowest BCUT2D eigenvalue weighted by atomic mass is 10.1. The molecule has 0 unspecified atom stereocenters. The summed E-state index contributed by atoms with van der Waals surface area (Å²) in [5.41, 5.74) is 5.33. The van der Waals surface area contributed by atoms with E-state index in [1.165, 1.54) is 18.9 Å². The van der Waals surface area contributed by atoms with E-state index >= 15 is 0 Å². The molecule has 0 fully saturated rings. The summed E-state index contributed by atoms with van der Waals surface area (Å²) in [5.74, 6) is -0.607. The molecule has 0 aromatic rings. The number of nitrogens with two attached hydrogens (primary N) is 1. The second-order valence-corrected chi connectivity index (χ2v) is 3.62. The van der Waals surface area contributed by atoms with Crippen LogP contribution in [0.25, 0.3) is 0 Å². The maximum Gasteiger partial charge on any atom is 0.306 e. The number of carbonyl (C=O) groups is 2. The first-order valence-corrected chi connectivity index (χ1v) is 4.69. The second kappa shape index (κ2) is 4.27. The van der Waals surface area contributed by atoms with Gasteiger partial charge in [-0.15, -0.1) is 0 Å². The fraction of sp³-hybridized carbons (Fsp3) is 0.571. The smallest absolute Gasteiger partial charge is 0.306 e. The minimum Gasteiger partial charge on any atom is -0.469 e. The molecule has 0 aromatic carbocycles. The maximum atomic E-state index is 11.2. The normalized spacial score (nSPS) is 22.4. The molecule has 1 amide bonds. The zero-order valence-corrected chi connectivity index (χ0v) is 7.97. The van der Waals surface area contributed by atoms with E-state index < -0.39 is 5.97 Å². The molecule has 0 saturated heterocycles. The van der Waals surface area contributed by atoms with Crippen LogP contribution in [0.2, 0.25) is 0 Å². The molecule has 0 saturated carbocycles. The van der Waals surface area contributed by atoms with Crippen LogP contribution in [0.4, 0.5) is 0 Å². The van der Waals surface area contributed by atoms with Crippen LogP contribution < -0.4 is 5.73 Å². The third-order valence-electron chi connectivity index (χ3n) is 1.64. The van der Waals surface area contributed by atoms with Crippen LogP contribution in [0.5, 0.6) is 0 Å². The topological polar surface area (TPSA) is 81.8 Å². The summed E-state index contributed by atoms with van der Waals surface area (Å²) < 4.78 is 4.45. The van der Waals surface area contributed by atoms with Gasteiger partial charge >= 0.3 is 5.97 Å². The lowest BCUT2D eigenvalue weighted by molar-refractivity contribution is -0.143. The van der Waals surface area contributed by atoms with Crippen LogP contribution in [0.1, 0.15) is 6.42 Å². The average molecular weight is 202 g/mol. The van der Waals surface area contributed by atoms with Gasteiger partial charge in [-0.2, -0.15) is 4.99 Å². The number of hydrogen-bond donors (Lipinski definition) is 1. The van der Waals surface area contributed by atoms with Crippen molar-refractivity contribution >= 4 is 28.8 Å². The predicted octanol–water partition coefficient (Wildman–Crippen LogP) is -0.246. The average Bonchev–Trinajstić information content (AvgIpc) is 2.09. The number of carbonyl (C=O) groups excluding carboxylic acids is 2. The van der Waals surface area contributed by atoms with Crippen molar-refractivity contribution in [3.63, 3.8) is 0 Å². The van der Waals surface area contributed by atoms with Crippen LogP contribution in [0.3, 0.4) is 0 Å². The first-order valence-electron chi connectivity index (χ1n) is 3.71. The number of aliphatic imine (C=N–C) groups is 1. The first-order chi connectivity index (χ1) is 6.13.